The molecule has 1 amide bonds. The van der Waals surface area contributed by atoms with Crippen molar-refractivity contribution in [1.29, 1.82) is 0 Å². The van der Waals surface area contributed by atoms with Crippen molar-refractivity contribution in [3.05, 3.63) is 81.4 Å². The van der Waals surface area contributed by atoms with Crippen molar-refractivity contribution >= 4 is 44.6 Å². The number of halogens is 1. The summed E-state index contributed by atoms with van der Waals surface area (Å²) in [7, 11) is -0.240. The van der Waals surface area contributed by atoms with Crippen molar-refractivity contribution < 1.29 is 32.3 Å². The maximum atomic E-state index is 13.8. The molecule has 0 radical (unpaired) electrons. The topological polar surface area (TPSA) is 150 Å². The number of carbonyl (C=O) groups is 1. The van der Waals surface area contributed by atoms with Crippen molar-refractivity contribution in [3.63, 3.8) is 0 Å². The number of nitrogens with one attached hydrogen (secondary N) is 1. The maximum Gasteiger partial charge on any atom is 0.269 e. The van der Waals surface area contributed by atoms with Crippen LogP contribution in [0.3, 0.4) is 0 Å². The van der Waals surface area contributed by atoms with Crippen LogP contribution in [-0.4, -0.2) is 52.8 Å². The van der Waals surface area contributed by atoms with Gasteiger partial charge in [-0.25, -0.2) is 13.8 Å². The number of hydrogen-bond donors (Lipinski definition) is 1. The molecule has 0 aliphatic carbocycles. The van der Waals surface area contributed by atoms with Crippen molar-refractivity contribution in [2.24, 2.45) is 5.10 Å². The Morgan fingerprint density at radius 1 is 0.974 bits per heavy atom. The van der Waals surface area contributed by atoms with Crippen LogP contribution in [0.2, 0.25) is 5.02 Å². The number of carbonyl (C=O) groups excluding carboxylic acids is 1. The predicted octanol–water partition coefficient (Wildman–Crippen LogP) is 4.01. The van der Waals surface area contributed by atoms with Crippen LogP contribution in [0.4, 0.5) is 11.4 Å². The van der Waals surface area contributed by atoms with Crippen LogP contribution in [0.25, 0.3) is 0 Å². The van der Waals surface area contributed by atoms with Crippen LogP contribution in [-0.2, 0) is 14.8 Å². The molecule has 0 aliphatic heterocycles. The van der Waals surface area contributed by atoms with E-state index in [4.69, 9.17) is 25.8 Å². The molecule has 206 valence electrons. The fourth-order valence-electron chi connectivity index (χ4n) is 3.46. The molecule has 3 aromatic carbocycles. The lowest BCUT2D eigenvalue weighted by Gasteiger charge is -2.26. The van der Waals surface area contributed by atoms with Crippen LogP contribution in [0.1, 0.15) is 12.5 Å². The lowest BCUT2D eigenvalue weighted by molar-refractivity contribution is -0.384. The number of non-ortho nitro benzene ring substituents is 1. The molecule has 14 heteroatoms. The molecule has 39 heavy (non-hydrogen) atoms. The average molecular weight is 577 g/mol. The largest absolute Gasteiger partial charge is 0.495 e. The second kappa shape index (κ2) is 12.5. The number of amides is 1. The SMILES string of the molecule is COc1ccc(S(=O)(=O)N(CC(=O)N/N=C(/C)c2ccc([N+](=O)[O-])cc2)c2cc(Cl)ccc2OC)cc1OC. The first-order valence-corrected chi connectivity index (χ1v) is 13.0. The summed E-state index contributed by atoms with van der Waals surface area (Å²) in [5.41, 5.74) is 3.11. The summed E-state index contributed by atoms with van der Waals surface area (Å²) in [5, 5.41) is 15.1. The van der Waals surface area contributed by atoms with Crippen LogP contribution in [0, 0.1) is 10.1 Å². The number of nitro benzene ring substituents is 1. The van der Waals surface area contributed by atoms with Crippen LogP contribution in [0.5, 0.6) is 17.2 Å². The van der Waals surface area contributed by atoms with Gasteiger partial charge in [-0.15, -0.1) is 0 Å². The highest BCUT2D eigenvalue weighted by Crippen LogP contribution is 2.37. The van der Waals surface area contributed by atoms with E-state index >= 15 is 0 Å². The highest BCUT2D eigenvalue weighted by atomic mass is 35.5. The van der Waals surface area contributed by atoms with E-state index in [1.807, 2.05) is 0 Å². The number of benzene rings is 3. The van der Waals surface area contributed by atoms with Gasteiger partial charge in [-0.05, 0) is 55.0 Å². The third-order valence-electron chi connectivity index (χ3n) is 5.48. The smallest absolute Gasteiger partial charge is 0.269 e. The van der Waals surface area contributed by atoms with Crippen LogP contribution < -0.4 is 23.9 Å². The number of ether oxygens (including phenoxy) is 3. The maximum absolute atomic E-state index is 13.8. The number of hydrogen-bond acceptors (Lipinski definition) is 9. The Bertz CT molecular complexity index is 1510. The van der Waals surface area contributed by atoms with Gasteiger partial charge in [0.25, 0.3) is 21.6 Å². The summed E-state index contributed by atoms with van der Waals surface area (Å²) in [6.45, 7) is 0.893. The molecule has 3 rings (SSSR count). The molecule has 0 aliphatic rings. The van der Waals surface area contributed by atoms with Gasteiger partial charge in [-0.3, -0.25) is 19.2 Å². The molecule has 3 aromatic rings. The second-order valence-corrected chi connectivity index (χ2v) is 10.2. The Kier molecular flexibility index (Phi) is 9.33. The Morgan fingerprint density at radius 2 is 1.59 bits per heavy atom. The van der Waals surface area contributed by atoms with Gasteiger partial charge >= 0.3 is 0 Å². The summed E-state index contributed by atoms with van der Waals surface area (Å²) in [6.07, 6.45) is 0. The zero-order chi connectivity index (χ0) is 28.7. The van der Waals surface area contributed by atoms with E-state index in [2.05, 4.69) is 10.5 Å². The van der Waals surface area contributed by atoms with E-state index in [1.165, 1.54) is 82.0 Å². The van der Waals surface area contributed by atoms with Crippen molar-refractivity contribution in [3.8, 4) is 17.2 Å². The fourth-order valence-corrected chi connectivity index (χ4v) is 5.07. The van der Waals surface area contributed by atoms with Crippen LogP contribution >= 0.6 is 11.6 Å². The van der Waals surface area contributed by atoms with Crippen LogP contribution in [0.15, 0.2) is 70.7 Å². The van der Waals surface area contributed by atoms with E-state index in [1.54, 1.807) is 6.92 Å². The second-order valence-electron chi connectivity index (χ2n) is 7.88. The van der Waals surface area contributed by atoms with Gasteiger partial charge in [0.2, 0.25) is 0 Å². The molecule has 0 atom stereocenters. The Hall–Kier alpha value is -4.36. The Labute approximate surface area is 229 Å². The van der Waals surface area contributed by atoms with Gasteiger partial charge < -0.3 is 14.2 Å². The monoisotopic (exact) mass is 576 g/mol. The summed E-state index contributed by atoms with van der Waals surface area (Å²) < 4.78 is 44.3. The molecule has 0 fully saturated rings. The molecule has 0 heterocycles. The third kappa shape index (κ3) is 6.75. The lowest BCUT2D eigenvalue weighted by atomic mass is 10.1. The van der Waals surface area contributed by atoms with E-state index in [-0.39, 0.29) is 32.8 Å². The molecular weight excluding hydrogens is 552 g/mol. The number of nitro groups is 1. The molecule has 0 spiro atoms. The summed E-state index contributed by atoms with van der Waals surface area (Å²) in [6, 6.07) is 13.9. The minimum absolute atomic E-state index is 0.0194. The van der Waals surface area contributed by atoms with E-state index in [0.717, 1.165) is 4.31 Å². The van der Waals surface area contributed by atoms with Crippen molar-refractivity contribution in [1.82, 2.24) is 5.43 Å². The molecule has 0 aromatic heterocycles. The van der Waals surface area contributed by atoms with Gasteiger partial charge in [0.1, 0.15) is 12.3 Å². The fraction of sp³-hybridized carbons (Fsp3) is 0.200. The third-order valence-corrected chi connectivity index (χ3v) is 7.47. The number of nitrogens with zero attached hydrogens (tertiary/aromatic N) is 3. The molecule has 0 saturated heterocycles. The molecule has 1 N–H and O–H groups in total. The van der Waals surface area contributed by atoms with Crippen molar-refractivity contribution in [2.75, 3.05) is 32.2 Å². The van der Waals surface area contributed by atoms with E-state index in [0.29, 0.717) is 17.0 Å². The average Bonchev–Trinajstić information content (AvgIpc) is 2.94. The summed E-state index contributed by atoms with van der Waals surface area (Å²) in [5.74, 6) is -0.134. The van der Waals surface area contributed by atoms with Crippen molar-refractivity contribution in [2.45, 2.75) is 11.8 Å². The molecule has 0 saturated carbocycles. The molecule has 0 unspecified atom stereocenters. The quantitative estimate of drug-likeness (QED) is 0.204. The minimum atomic E-state index is -4.37. The summed E-state index contributed by atoms with van der Waals surface area (Å²) in [4.78, 5) is 23.1. The zero-order valence-corrected chi connectivity index (χ0v) is 22.9. The first-order chi connectivity index (χ1) is 18.5. The van der Waals surface area contributed by atoms with Gasteiger partial charge in [0.05, 0.1) is 42.5 Å². The Morgan fingerprint density at radius 3 is 2.18 bits per heavy atom. The van der Waals surface area contributed by atoms with Gasteiger partial charge in [0.15, 0.2) is 11.5 Å². The highest BCUT2D eigenvalue weighted by molar-refractivity contribution is 7.92. The zero-order valence-electron chi connectivity index (χ0n) is 21.4. The molecule has 0 bridgehead atoms. The molecular formula is C25H25ClN4O8S. The first kappa shape index (κ1) is 29.2. The number of rotatable bonds is 11. The van der Waals surface area contributed by atoms with Gasteiger partial charge in [-0.2, -0.15) is 5.10 Å². The summed E-state index contributed by atoms with van der Waals surface area (Å²) >= 11 is 6.16. The Balaban J connectivity index is 1.97. The van der Waals surface area contributed by atoms with Gasteiger partial charge in [0, 0.05) is 23.2 Å². The first-order valence-electron chi connectivity index (χ1n) is 11.2. The number of sulfonamides is 1. The van der Waals surface area contributed by atoms with E-state index < -0.39 is 27.4 Å². The lowest BCUT2D eigenvalue weighted by Crippen LogP contribution is -2.40. The van der Waals surface area contributed by atoms with E-state index in [9.17, 15) is 23.3 Å². The number of methoxy groups -OCH3 is 3. The van der Waals surface area contributed by atoms with Gasteiger partial charge in [-0.1, -0.05) is 11.6 Å². The number of hydrazone groups is 1. The highest BCUT2D eigenvalue weighted by Gasteiger charge is 2.30. The minimum Gasteiger partial charge on any atom is -0.495 e. The standard InChI is InChI=1S/C25H25ClN4O8S/c1-16(17-5-8-19(9-6-17)30(32)33)27-28-25(31)15-29(21-13-18(26)7-11-22(21)36-2)39(34,35)20-10-12-23(37-3)24(14-20)38-4/h5-14H,15H2,1-4H3,(H,28,31)/b27-16-. The molecule has 12 nitrogen and oxygen atoms in total. The normalized spacial score (nSPS) is 11.5. The number of anilines is 1. The predicted molar refractivity (Wildman–Crippen MR) is 146 cm³/mol.